The zero-order chi connectivity index (χ0) is 13.9. The van der Waals surface area contributed by atoms with Gasteiger partial charge in [-0.05, 0) is 24.3 Å². The van der Waals surface area contributed by atoms with Gasteiger partial charge in [0.25, 0.3) is 5.56 Å². The first-order valence-electron chi connectivity index (χ1n) is 5.65. The van der Waals surface area contributed by atoms with Crippen LogP contribution in [0.5, 0.6) is 5.75 Å². The van der Waals surface area contributed by atoms with Gasteiger partial charge in [0.15, 0.2) is 5.69 Å². The van der Waals surface area contributed by atoms with Gasteiger partial charge in [0.1, 0.15) is 5.75 Å². The lowest BCUT2D eigenvalue weighted by Crippen LogP contribution is -1.96. The van der Waals surface area contributed by atoms with Gasteiger partial charge in [-0.15, -0.1) is 21.6 Å². The minimum absolute atomic E-state index is 0.151. The lowest BCUT2D eigenvalue weighted by Gasteiger charge is -1.98. The lowest BCUT2D eigenvalue weighted by atomic mass is 10.1. The molecule has 2 heterocycles. The van der Waals surface area contributed by atoms with Gasteiger partial charge in [-0.25, -0.2) is 4.98 Å². The Kier molecular flexibility index (Phi) is 3.13. The molecule has 0 aliphatic rings. The van der Waals surface area contributed by atoms with Crippen molar-refractivity contribution in [3.63, 3.8) is 0 Å². The van der Waals surface area contributed by atoms with Crippen molar-refractivity contribution in [2.45, 2.75) is 0 Å². The van der Waals surface area contributed by atoms with E-state index in [0.29, 0.717) is 16.4 Å². The maximum absolute atomic E-state index is 11.7. The Hall–Kier alpha value is -2.74. The van der Waals surface area contributed by atoms with Crippen LogP contribution in [0.1, 0.15) is 0 Å². The first kappa shape index (κ1) is 12.3. The minimum Gasteiger partial charge on any atom is -0.508 e. The molecule has 20 heavy (non-hydrogen) atoms. The molecule has 8 heteroatoms. The van der Waals surface area contributed by atoms with Crippen LogP contribution in [0.15, 0.2) is 50.9 Å². The summed E-state index contributed by atoms with van der Waals surface area (Å²) < 4.78 is 0. The number of aromatic nitrogens is 3. The summed E-state index contributed by atoms with van der Waals surface area (Å²) in [6, 6.07) is 6.42. The summed E-state index contributed by atoms with van der Waals surface area (Å²) in [5.41, 5.74) is 1.03. The number of thiazole rings is 1. The molecule has 3 rings (SSSR count). The third-order valence-electron chi connectivity index (χ3n) is 2.56. The molecule has 1 aromatic carbocycles. The zero-order valence-electron chi connectivity index (χ0n) is 10.1. The van der Waals surface area contributed by atoms with Crippen LogP contribution in [0.3, 0.4) is 0 Å². The van der Waals surface area contributed by atoms with Gasteiger partial charge in [-0.1, -0.05) is 0 Å². The van der Waals surface area contributed by atoms with Crippen LogP contribution >= 0.6 is 11.3 Å². The summed E-state index contributed by atoms with van der Waals surface area (Å²) >= 11 is 1.33. The molecule has 0 aliphatic carbocycles. The number of aromatic hydroxyl groups is 1. The van der Waals surface area contributed by atoms with Crippen molar-refractivity contribution in [2.24, 2.45) is 10.2 Å². The van der Waals surface area contributed by atoms with E-state index in [1.165, 1.54) is 23.5 Å². The first-order valence-corrected chi connectivity index (χ1v) is 6.53. The predicted octanol–water partition coefficient (Wildman–Crippen LogP) is 2.95. The second kappa shape index (κ2) is 5.10. The number of aromatic amines is 2. The Morgan fingerprint density at radius 1 is 1.15 bits per heavy atom. The fourth-order valence-corrected chi connectivity index (χ4v) is 2.09. The Morgan fingerprint density at radius 2 is 1.95 bits per heavy atom. The van der Waals surface area contributed by atoms with Crippen molar-refractivity contribution in [2.75, 3.05) is 0 Å². The SMILES string of the molecule is O=c1[nH][nH]c(-c2ccc(O)cc2)c1N=Nc1nccs1. The van der Waals surface area contributed by atoms with Crippen molar-refractivity contribution in [3.8, 4) is 17.0 Å². The first-order chi connectivity index (χ1) is 9.74. The molecule has 0 spiro atoms. The average Bonchev–Trinajstić information content (AvgIpc) is 3.07. The molecule has 0 saturated carbocycles. The summed E-state index contributed by atoms with van der Waals surface area (Å²) in [5.74, 6) is 0.151. The number of phenolic OH excluding ortho intramolecular Hbond substituents is 1. The van der Waals surface area contributed by atoms with Gasteiger partial charge in [-0.2, -0.15) is 0 Å². The molecule has 2 aromatic heterocycles. The van der Waals surface area contributed by atoms with Gasteiger partial charge in [-0.3, -0.25) is 15.0 Å². The van der Waals surface area contributed by atoms with E-state index >= 15 is 0 Å². The maximum Gasteiger partial charge on any atom is 0.292 e. The number of rotatable bonds is 3. The molecule has 0 radical (unpaired) electrons. The largest absolute Gasteiger partial charge is 0.508 e. The van der Waals surface area contributed by atoms with E-state index in [4.69, 9.17) is 0 Å². The zero-order valence-corrected chi connectivity index (χ0v) is 10.9. The number of azo groups is 1. The second-order valence-electron chi connectivity index (χ2n) is 3.86. The molecule has 7 nitrogen and oxygen atoms in total. The summed E-state index contributed by atoms with van der Waals surface area (Å²) in [5, 5.41) is 24.6. The van der Waals surface area contributed by atoms with E-state index in [0.717, 1.165) is 0 Å². The number of H-pyrrole nitrogens is 2. The van der Waals surface area contributed by atoms with E-state index in [1.807, 2.05) is 0 Å². The highest BCUT2D eigenvalue weighted by atomic mass is 32.1. The number of hydrogen-bond acceptors (Lipinski definition) is 6. The monoisotopic (exact) mass is 287 g/mol. The molecule has 100 valence electrons. The Labute approximate surface area is 116 Å². The van der Waals surface area contributed by atoms with Gasteiger partial charge >= 0.3 is 0 Å². The maximum atomic E-state index is 11.7. The summed E-state index contributed by atoms with van der Waals surface area (Å²) in [4.78, 5) is 15.7. The predicted molar refractivity (Wildman–Crippen MR) is 74.8 cm³/mol. The highest BCUT2D eigenvalue weighted by Gasteiger charge is 2.11. The van der Waals surface area contributed by atoms with Gasteiger partial charge in [0, 0.05) is 17.1 Å². The van der Waals surface area contributed by atoms with Crippen molar-refractivity contribution >= 4 is 22.2 Å². The van der Waals surface area contributed by atoms with Gasteiger partial charge < -0.3 is 5.11 Å². The molecule has 0 aliphatic heterocycles. The molecular formula is C12H9N5O2S. The third-order valence-corrected chi connectivity index (χ3v) is 3.22. The highest BCUT2D eigenvalue weighted by Crippen LogP contribution is 2.27. The molecule has 3 aromatic rings. The van der Waals surface area contributed by atoms with Crippen LogP contribution in [0.25, 0.3) is 11.3 Å². The van der Waals surface area contributed by atoms with Crippen molar-refractivity contribution in [1.29, 1.82) is 0 Å². The molecule has 3 N–H and O–H groups in total. The Bertz CT molecular complexity index is 786. The van der Waals surface area contributed by atoms with E-state index in [2.05, 4.69) is 25.4 Å². The van der Waals surface area contributed by atoms with Crippen LogP contribution in [0.2, 0.25) is 0 Å². The van der Waals surface area contributed by atoms with E-state index in [1.54, 1.807) is 23.7 Å². The number of nitrogens with zero attached hydrogens (tertiary/aromatic N) is 3. The smallest absolute Gasteiger partial charge is 0.292 e. The van der Waals surface area contributed by atoms with Gasteiger partial charge in [0.2, 0.25) is 5.13 Å². The van der Waals surface area contributed by atoms with E-state index in [-0.39, 0.29) is 17.0 Å². The van der Waals surface area contributed by atoms with Crippen LogP contribution in [-0.4, -0.2) is 20.3 Å². The fourth-order valence-electron chi connectivity index (χ4n) is 1.64. The van der Waals surface area contributed by atoms with E-state index in [9.17, 15) is 9.90 Å². The summed E-state index contributed by atoms with van der Waals surface area (Å²) in [6.07, 6.45) is 1.61. The molecule has 0 unspecified atom stereocenters. The Balaban J connectivity index is 2.01. The van der Waals surface area contributed by atoms with Crippen molar-refractivity contribution in [3.05, 3.63) is 46.2 Å². The van der Waals surface area contributed by atoms with Crippen LogP contribution in [-0.2, 0) is 0 Å². The second-order valence-corrected chi connectivity index (χ2v) is 4.74. The number of nitrogens with one attached hydrogen (secondary N) is 2. The topological polar surface area (TPSA) is 106 Å². The molecule has 0 amide bonds. The van der Waals surface area contributed by atoms with Crippen LogP contribution in [0.4, 0.5) is 10.8 Å². The highest BCUT2D eigenvalue weighted by molar-refractivity contribution is 7.13. The number of hydrogen-bond donors (Lipinski definition) is 3. The van der Waals surface area contributed by atoms with E-state index < -0.39 is 0 Å². The summed E-state index contributed by atoms with van der Waals surface area (Å²) in [7, 11) is 0. The third kappa shape index (κ3) is 2.36. The van der Waals surface area contributed by atoms with Crippen molar-refractivity contribution in [1.82, 2.24) is 15.2 Å². The lowest BCUT2D eigenvalue weighted by molar-refractivity contribution is 0.475. The summed E-state index contributed by atoms with van der Waals surface area (Å²) in [6.45, 7) is 0. The normalized spacial score (nSPS) is 11.2. The van der Waals surface area contributed by atoms with Crippen LogP contribution < -0.4 is 5.56 Å². The van der Waals surface area contributed by atoms with Gasteiger partial charge in [0.05, 0.1) is 5.69 Å². The minimum atomic E-state index is -0.367. The molecule has 0 bridgehead atoms. The Morgan fingerprint density at radius 3 is 2.65 bits per heavy atom. The average molecular weight is 287 g/mol. The molecule has 0 fully saturated rings. The quantitative estimate of drug-likeness (QED) is 0.644. The molecule has 0 saturated heterocycles. The fraction of sp³-hybridized carbons (Fsp3) is 0. The number of benzene rings is 1. The number of phenols is 1. The molecule has 0 atom stereocenters. The van der Waals surface area contributed by atoms with Crippen LogP contribution in [0, 0.1) is 0 Å². The standard InChI is InChI=1S/C12H9N5O2S/c18-8-3-1-7(2-4-8)9-10(11(19)16-14-9)15-17-12-13-5-6-20-12/h1-6,18H,(H2,14,16,19). The molecular weight excluding hydrogens is 278 g/mol. The van der Waals surface area contributed by atoms with Crippen molar-refractivity contribution < 1.29 is 5.11 Å².